The maximum atomic E-state index is 13.2. The van der Waals surface area contributed by atoms with Crippen molar-refractivity contribution in [1.82, 2.24) is 4.90 Å². The van der Waals surface area contributed by atoms with Crippen LogP contribution in [-0.2, 0) is 6.54 Å². The van der Waals surface area contributed by atoms with Crippen molar-refractivity contribution >= 4 is 40.7 Å². The highest BCUT2D eigenvalue weighted by atomic mass is 35.5. The number of methoxy groups -OCH3 is 1. The van der Waals surface area contributed by atoms with Crippen LogP contribution in [-0.4, -0.2) is 37.2 Å². The summed E-state index contributed by atoms with van der Waals surface area (Å²) in [5, 5.41) is 6.26. The molecule has 4 rings (SSSR count). The summed E-state index contributed by atoms with van der Waals surface area (Å²) >= 11 is 6.09. The molecule has 0 bridgehead atoms. The number of hydrogen-bond donors (Lipinski definition) is 2. The number of ether oxygens (including phenoxy) is 1. The molecular weight excluding hydrogens is 440 g/mol. The van der Waals surface area contributed by atoms with Gasteiger partial charge in [0.1, 0.15) is 5.75 Å². The molecule has 0 unspecified atom stereocenters. The molecule has 4 amide bonds. The van der Waals surface area contributed by atoms with Crippen LogP contribution in [0, 0.1) is 0 Å². The molecule has 2 N–H and O–H groups in total. The summed E-state index contributed by atoms with van der Waals surface area (Å²) in [5.74, 6) is 0.653. The van der Waals surface area contributed by atoms with E-state index in [-0.39, 0.29) is 12.1 Å². The third kappa shape index (κ3) is 5.75. The lowest BCUT2D eigenvalue weighted by Gasteiger charge is -2.36. The Hall–Kier alpha value is -3.71. The fourth-order valence-corrected chi connectivity index (χ4v) is 3.98. The molecule has 3 aromatic rings. The van der Waals surface area contributed by atoms with E-state index in [0.717, 1.165) is 17.7 Å². The van der Waals surface area contributed by atoms with E-state index in [2.05, 4.69) is 10.6 Å². The zero-order valence-electron chi connectivity index (χ0n) is 18.3. The van der Waals surface area contributed by atoms with E-state index >= 15 is 0 Å². The van der Waals surface area contributed by atoms with Crippen LogP contribution in [0.4, 0.5) is 26.7 Å². The molecule has 0 saturated carbocycles. The minimum Gasteiger partial charge on any atom is -0.497 e. The first-order chi connectivity index (χ1) is 16.0. The number of carbonyl (C=O) groups excluding carboxylic acids is 2. The van der Waals surface area contributed by atoms with Crippen LogP contribution in [0.1, 0.15) is 12.0 Å². The Bertz CT molecular complexity index is 1150. The monoisotopic (exact) mass is 464 g/mol. The molecule has 0 spiro atoms. The molecule has 0 radical (unpaired) electrons. The number of hydrogen-bond acceptors (Lipinski definition) is 3. The molecule has 0 atom stereocenters. The van der Waals surface area contributed by atoms with Crippen molar-refractivity contribution in [3.05, 3.63) is 83.4 Å². The van der Waals surface area contributed by atoms with Crippen molar-refractivity contribution in [1.29, 1.82) is 0 Å². The van der Waals surface area contributed by atoms with Crippen molar-refractivity contribution < 1.29 is 14.3 Å². The van der Waals surface area contributed by atoms with Crippen LogP contribution >= 0.6 is 11.6 Å². The molecule has 170 valence electrons. The summed E-state index contributed by atoms with van der Waals surface area (Å²) in [7, 11) is 1.57. The fraction of sp³-hybridized carbons (Fsp3) is 0.200. The van der Waals surface area contributed by atoms with Gasteiger partial charge in [-0.25, -0.2) is 9.59 Å². The summed E-state index contributed by atoms with van der Waals surface area (Å²) < 4.78 is 5.18. The van der Waals surface area contributed by atoms with E-state index < -0.39 is 0 Å². The van der Waals surface area contributed by atoms with Gasteiger partial charge in [-0.3, -0.25) is 4.90 Å². The maximum absolute atomic E-state index is 13.2. The van der Waals surface area contributed by atoms with Crippen LogP contribution in [0.25, 0.3) is 0 Å². The van der Waals surface area contributed by atoms with Crippen molar-refractivity contribution in [3.8, 4) is 5.75 Å². The van der Waals surface area contributed by atoms with E-state index in [1.807, 2.05) is 41.3 Å². The van der Waals surface area contributed by atoms with Gasteiger partial charge in [0.15, 0.2) is 0 Å². The third-order valence-corrected chi connectivity index (χ3v) is 5.55. The number of anilines is 3. The highest BCUT2D eigenvalue weighted by Crippen LogP contribution is 2.25. The summed E-state index contributed by atoms with van der Waals surface area (Å²) in [5.41, 5.74) is 2.93. The topological polar surface area (TPSA) is 73.9 Å². The smallest absolute Gasteiger partial charge is 0.324 e. The first kappa shape index (κ1) is 22.5. The normalized spacial score (nSPS) is 13.6. The lowest BCUT2D eigenvalue weighted by molar-refractivity contribution is 0.192. The maximum Gasteiger partial charge on any atom is 0.324 e. The van der Waals surface area contributed by atoms with Gasteiger partial charge < -0.3 is 20.3 Å². The Morgan fingerprint density at radius 2 is 1.70 bits per heavy atom. The summed E-state index contributed by atoms with van der Waals surface area (Å²) in [6.45, 7) is 1.80. The van der Waals surface area contributed by atoms with Gasteiger partial charge in [-0.05, 0) is 54.4 Å². The van der Waals surface area contributed by atoms with Crippen LogP contribution < -0.4 is 20.3 Å². The Morgan fingerprint density at radius 1 is 0.970 bits per heavy atom. The van der Waals surface area contributed by atoms with E-state index in [1.54, 1.807) is 48.4 Å². The molecule has 7 nitrogen and oxygen atoms in total. The molecular formula is C25H25ClN4O3. The van der Waals surface area contributed by atoms with E-state index in [9.17, 15) is 9.59 Å². The Kier molecular flexibility index (Phi) is 7.00. The van der Waals surface area contributed by atoms with E-state index in [1.165, 1.54) is 0 Å². The van der Waals surface area contributed by atoms with Crippen molar-refractivity contribution in [2.24, 2.45) is 0 Å². The number of nitrogens with one attached hydrogen (secondary N) is 2. The van der Waals surface area contributed by atoms with Gasteiger partial charge in [-0.1, -0.05) is 35.9 Å². The average Bonchev–Trinajstić information content (AvgIpc) is 2.81. The van der Waals surface area contributed by atoms with Gasteiger partial charge in [-0.15, -0.1) is 0 Å². The fourth-order valence-electron chi connectivity index (χ4n) is 3.77. The van der Waals surface area contributed by atoms with E-state index in [0.29, 0.717) is 41.8 Å². The summed E-state index contributed by atoms with van der Waals surface area (Å²) in [6, 6.07) is 21.5. The zero-order valence-corrected chi connectivity index (χ0v) is 19.0. The quantitative estimate of drug-likeness (QED) is 0.482. The van der Waals surface area contributed by atoms with Crippen molar-refractivity contribution in [2.75, 3.05) is 35.7 Å². The van der Waals surface area contributed by atoms with Gasteiger partial charge in [0.05, 0.1) is 7.11 Å². The molecule has 33 heavy (non-hydrogen) atoms. The number of amides is 4. The molecule has 1 heterocycles. The van der Waals surface area contributed by atoms with Crippen molar-refractivity contribution in [2.45, 2.75) is 13.0 Å². The standard InChI is InChI=1S/C25H25ClN4O3/c1-33-23-11-4-9-21(16-23)28-24(31)27-20-8-3-10-22(15-20)30-13-5-12-29(25(30)32)17-18-6-2-7-19(26)14-18/h2-4,6-11,14-16H,5,12-13,17H2,1H3,(H2,27,28,31). The third-order valence-electron chi connectivity index (χ3n) is 5.32. The molecule has 1 fully saturated rings. The predicted octanol–water partition coefficient (Wildman–Crippen LogP) is 5.82. The highest BCUT2D eigenvalue weighted by molar-refractivity contribution is 6.30. The second-order valence-electron chi connectivity index (χ2n) is 7.70. The minimum absolute atomic E-state index is 0.0702. The first-order valence-corrected chi connectivity index (χ1v) is 11.0. The van der Waals surface area contributed by atoms with Gasteiger partial charge in [-0.2, -0.15) is 0 Å². The number of carbonyl (C=O) groups is 2. The van der Waals surface area contributed by atoms with Crippen LogP contribution in [0.5, 0.6) is 5.75 Å². The van der Waals surface area contributed by atoms with Crippen LogP contribution in [0.3, 0.4) is 0 Å². The average molecular weight is 465 g/mol. The predicted molar refractivity (Wildman–Crippen MR) is 131 cm³/mol. The lowest BCUT2D eigenvalue weighted by Crippen LogP contribution is -2.49. The van der Waals surface area contributed by atoms with Crippen LogP contribution in [0.15, 0.2) is 72.8 Å². The molecule has 8 heteroatoms. The summed E-state index contributed by atoms with van der Waals surface area (Å²) in [6.07, 6.45) is 0.848. The van der Waals surface area contributed by atoms with E-state index in [4.69, 9.17) is 16.3 Å². The number of rotatable bonds is 6. The van der Waals surface area contributed by atoms with Gasteiger partial charge >= 0.3 is 12.1 Å². The second kappa shape index (κ2) is 10.3. The lowest BCUT2D eigenvalue weighted by atomic mass is 10.1. The molecule has 0 aliphatic carbocycles. The number of halogens is 1. The molecule has 1 aliphatic rings. The molecule has 1 saturated heterocycles. The van der Waals surface area contributed by atoms with Gasteiger partial charge in [0, 0.05) is 47.8 Å². The Labute approximate surface area is 197 Å². The SMILES string of the molecule is COc1cccc(NC(=O)Nc2cccc(N3CCCN(Cc4cccc(Cl)c4)C3=O)c2)c1. The Balaban J connectivity index is 1.42. The largest absolute Gasteiger partial charge is 0.497 e. The first-order valence-electron chi connectivity index (χ1n) is 10.6. The minimum atomic E-state index is -0.382. The molecule has 3 aromatic carbocycles. The van der Waals surface area contributed by atoms with Gasteiger partial charge in [0.2, 0.25) is 0 Å². The Morgan fingerprint density at radius 3 is 2.45 bits per heavy atom. The number of urea groups is 2. The molecule has 0 aromatic heterocycles. The second-order valence-corrected chi connectivity index (χ2v) is 8.14. The highest BCUT2D eigenvalue weighted by Gasteiger charge is 2.27. The zero-order chi connectivity index (χ0) is 23.2. The molecule has 1 aliphatic heterocycles. The summed E-state index contributed by atoms with van der Waals surface area (Å²) in [4.78, 5) is 29.2. The number of nitrogens with zero attached hydrogens (tertiary/aromatic N) is 2. The van der Waals surface area contributed by atoms with Gasteiger partial charge in [0.25, 0.3) is 0 Å². The van der Waals surface area contributed by atoms with Crippen molar-refractivity contribution in [3.63, 3.8) is 0 Å². The van der Waals surface area contributed by atoms with Crippen LogP contribution in [0.2, 0.25) is 5.02 Å². The number of benzene rings is 3.